The van der Waals surface area contributed by atoms with E-state index in [9.17, 15) is 13.6 Å². The highest BCUT2D eigenvalue weighted by molar-refractivity contribution is 7.22. The molecule has 2 aromatic carbocycles. The Hall–Kier alpha value is -3.31. The molecule has 1 atom stereocenters. The highest BCUT2D eigenvalue weighted by atomic mass is 35.5. The molecule has 0 saturated carbocycles. The summed E-state index contributed by atoms with van der Waals surface area (Å²) in [5.74, 6) is 0.794. The highest BCUT2D eigenvalue weighted by Crippen LogP contribution is 2.48. The van der Waals surface area contributed by atoms with E-state index in [-0.39, 0.29) is 30.0 Å². The fourth-order valence-electron chi connectivity index (χ4n) is 3.70. The third-order valence-electron chi connectivity index (χ3n) is 5.15. The maximum absolute atomic E-state index is 14.0. The van der Waals surface area contributed by atoms with E-state index < -0.39 is 18.0 Å². The lowest BCUT2D eigenvalue weighted by molar-refractivity contribution is 0.0409. The van der Waals surface area contributed by atoms with E-state index in [4.69, 9.17) is 30.5 Å². The number of halogens is 3. The van der Waals surface area contributed by atoms with Gasteiger partial charge in [0.2, 0.25) is 5.88 Å². The Morgan fingerprint density at radius 3 is 2.85 bits per heavy atom. The van der Waals surface area contributed by atoms with Gasteiger partial charge in [0.25, 0.3) is 6.43 Å². The number of hydrogen-bond donors (Lipinski definition) is 0. The molecule has 0 fully saturated rings. The summed E-state index contributed by atoms with van der Waals surface area (Å²) in [6.07, 6.45) is -1.99. The summed E-state index contributed by atoms with van der Waals surface area (Å²) in [5.41, 5.74) is 1.56. The van der Waals surface area contributed by atoms with Crippen LogP contribution in [0.4, 0.5) is 13.6 Å². The Morgan fingerprint density at radius 2 is 2.12 bits per heavy atom. The smallest absolute Gasteiger partial charge is 0.403 e. The SMILES string of the molecule is COc1cnc2c(-c3nc4c(C(F)F)cc5c(c4s3)OCC(COC(=O)Cl)O5)cc(C)cc2n1. The fraction of sp³-hybridized carbons (Fsp3) is 0.273. The summed E-state index contributed by atoms with van der Waals surface area (Å²) in [5, 5.41) is 0.486. The van der Waals surface area contributed by atoms with Crippen molar-refractivity contribution >= 4 is 49.6 Å². The van der Waals surface area contributed by atoms with Crippen molar-refractivity contribution in [2.75, 3.05) is 20.3 Å². The number of hydrogen-bond acceptors (Lipinski definition) is 9. The minimum absolute atomic E-state index is 0.0478. The van der Waals surface area contributed by atoms with Gasteiger partial charge in [-0.25, -0.2) is 28.5 Å². The molecule has 0 N–H and O–H groups in total. The number of carbonyl (C=O) groups is 1. The van der Waals surface area contributed by atoms with Crippen LogP contribution in [0.15, 0.2) is 24.4 Å². The topological polar surface area (TPSA) is 92.7 Å². The molecule has 0 aliphatic carbocycles. The number of aromatic nitrogens is 3. The largest absolute Gasteiger partial charge is 0.484 e. The van der Waals surface area contributed by atoms with Gasteiger partial charge in [-0.05, 0) is 30.7 Å². The van der Waals surface area contributed by atoms with Gasteiger partial charge in [-0.2, -0.15) is 0 Å². The van der Waals surface area contributed by atoms with Crippen molar-refractivity contribution in [1.82, 2.24) is 15.0 Å². The molecule has 4 aromatic rings. The van der Waals surface area contributed by atoms with Crippen molar-refractivity contribution in [3.63, 3.8) is 0 Å². The number of rotatable bonds is 5. The molecule has 0 bridgehead atoms. The molecule has 34 heavy (non-hydrogen) atoms. The first-order chi connectivity index (χ1) is 16.3. The summed E-state index contributed by atoms with van der Waals surface area (Å²) in [6, 6.07) is 4.95. The number of ether oxygens (including phenoxy) is 4. The van der Waals surface area contributed by atoms with Gasteiger partial charge in [0, 0.05) is 22.7 Å². The maximum Gasteiger partial charge on any atom is 0.403 e. The summed E-state index contributed by atoms with van der Waals surface area (Å²) < 4.78 is 49.9. The average Bonchev–Trinajstić information content (AvgIpc) is 3.26. The Labute approximate surface area is 200 Å². The van der Waals surface area contributed by atoms with Crippen molar-refractivity contribution in [2.45, 2.75) is 19.5 Å². The van der Waals surface area contributed by atoms with Crippen LogP contribution in [0.1, 0.15) is 17.6 Å². The van der Waals surface area contributed by atoms with Gasteiger partial charge in [0.1, 0.15) is 22.9 Å². The molecule has 8 nitrogen and oxygen atoms in total. The van der Waals surface area contributed by atoms with E-state index in [0.717, 1.165) is 5.56 Å². The lowest BCUT2D eigenvalue weighted by Crippen LogP contribution is -2.33. The fourth-order valence-corrected chi connectivity index (χ4v) is 4.87. The quantitative estimate of drug-likeness (QED) is 0.319. The summed E-state index contributed by atoms with van der Waals surface area (Å²) in [6.45, 7) is 1.77. The number of aryl methyl sites for hydroxylation is 1. The first-order valence-corrected chi connectivity index (χ1v) is 11.2. The molecule has 1 aliphatic rings. The van der Waals surface area contributed by atoms with Crippen LogP contribution in [0.5, 0.6) is 17.4 Å². The van der Waals surface area contributed by atoms with E-state index in [1.165, 1.54) is 30.7 Å². The third-order valence-corrected chi connectivity index (χ3v) is 6.35. The second kappa shape index (κ2) is 8.80. The van der Waals surface area contributed by atoms with Crippen molar-refractivity contribution in [3.05, 3.63) is 35.5 Å². The van der Waals surface area contributed by atoms with E-state index in [2.05, 4.69) is 15.0 Å². The number of alkyl halides is 2. The molecule has 1 aliphatic heterocycles. The Balaban J connectivity index is 1.64. The number of fused-ring (bicyclic) bond motifs is 4. The summed E-state index contributed by atoms with van der Waals surface area (Å²) in [7, 11) is 1.50. The Bertz CT molecular complexity index is 1430. The van der Waals surface area contributed by atoms with Crippen LogP contribution in [0.25, 0.3) is 31.8 Å². The minimum Gasteiger partial charge on any atom is -0.484 e. The van der Waals surface area contributed by atoms with Gasteiger partial charge >= 0.3 is 5.43 Å². The summed E-state index contributed by atoms with van der Waals surface area (Å²) >= 11 is 6.39. The van der Waals surface area contributed by atoms with Crippen LogP contribution in [-0.2, 0) is 4.74 Å². The minimum atomic E-state index is -2.80. The lowest BCUT2D eigenvalue weighted by atomic mass is 10.1. The molecule has 176 valence electrons. The molecule has 3 heterocycles. The summed E-state index contributed by atoms with van der Waals surface area (Å²) in [4.78, 5) is 24.3. The van der Waals surface area contributed by atoms with Crippen LogP contribution in [0, 0.1) is 6.92 Å². The number of methoxy groups -OCH3 is 1. The van der Waals surface area contributed by atoms with Crippen LogP contribution in [-0.4, -0.2) is 46.8 Å². The van der Waals surface area contributed by atoms with Crippen molar-refractivity contribution < 1.29 is 32.5 Å². The molecular formula is C22H16ClF2N3O5S. The van der Waals surface area contributed by atoms with E-state index in [0.29, 0.717) is 37.9 Å². The standard InChI is InChI=1S/C22H16ClF2N3O5S/c1-9-3-12(16-13(4-9)27-15(30-2)6-26-16)21-28-17-11(20(24)25)5-14-18(19(17)34-21)31-7-10(33-14)8-32-22(23)29/h3-6,10,20H,7-8H2,1-2H3. The Morgan fingerprint density at radius 1 is 1.29 bits per heavy atom. The van der Waals surface area contributed by atoms with E-state index >= 15 is 0 Å². The van der Waals surface area contributed by atoms with Gasteiger partial charge in [-0.15, -0.1) is 11.3 Å². The molecule has 0 spiro atoms. The first-order valence-electron chi connectivity index (χ1n) is 10.0. The number of carbonyl (C=O) groups excluding carboxylic acids is 1. The average molecular weight is 508 g/mol. The predicted molar refractivity (Wildman–Crippen MR) is 122 cm³/mol. The zero-order chi connectivity index (χ0) is 24.0. The molecule has 12 heteroatoms. The van der Waals surface area contributed by atoms with E-state index in [1.807, 2.05) is 19.1 Å². The van der Waals surface area contributed by atoms with E-state index in [1.54, 1.807) is 0 Å². The van der Waals surface area contributed by atoms with Gasteiger partial charge in [0.05, 0.1) is 29.9 Å². The second-order valence-electron chi connectivity index (χ2n) is 7.48. The predicted octanol–water partition coefficient (Wildman–Crippen LogP) is 5.68. The van der Waals surface area contributed by atoms with Crippen LogP contribution >= 0.6 is 22.9 Å². The highest BCUT2D eigenvalue weighted by Gasteiger charge is 2.30. The lowest BCUT2D eigenvalue weighted by Gasteiger charge is -2.26. The van der Waals surface area contributed by atoms with Gasteiger partial charge in [-0.1, -0.05) is 0 Å². The van der Waals surface area contributed by atoms with Gasteiger partial charge in [-0.3, -0.25) is 0 Å². The first kappa shape index (κ1) is 22.5. The van der Waals surface area contributed by atoms with Crippen LogP contribution < -0.4 is 14.2 Å². The zero-order valence-corrected chi connectivity index (χ0v) is 19.4. The van der Waals surface area contributed by atoms with Crippen LogP contribution in [0.2, 0.25) is 0 Å². The molecule has 2 aromatic heterocycles. The van der Waals surface area contributed by atoms with Crippen LogP contribution in [0.3, 0.4) is 0 Å². The molecule has 0 saturated heterocycles. The van der Waals surface area contributed by atoms with Gasteiger partial charge in [0.15, 0.2) is 17.6 Å². The zero-order valence-electron chi connectivity index (χ0n) is 17.8. The van der Waals surface area contributed by atoms with Crippen molar-refractivity contribution in [3.8, 4) is 28.0 Å². The number of nitrogens with zero attached hydrogens (tertiary/aromatic N) is 3. The molecule has 0 amide bonds. The molecule has 5 rings (SSSR count). The maximum atomic E-state index is 14.0. The molecule has 1 unspecified atom stereocenters. The molecular weight excluding hydrogens is 492 g/mol. The van der Waals surface area contributed by atoms with Crippen molar-refractivity contribution in [1.29, 1.82) is 0 Å². The normalized spacial score (nSPS) is 15.2. The van der Waals surface area contributed by atoms with Crippen molar-refractivity contribution in [2.24, 2.45) is 0 Å². The number of benzene rings is 2. The monoisotopic (exact) mass is 507 g/mol. The third kappa shape index (κ3) is 4.05. The van der Waals surface area contributed by atoms with Gasteiger partial charge < -0.3 is 18.9 Å². The Kier molecular flexibility index (Phi) is 5.82. The number of thiazole rings is 1. The second-order valence-corrected chi connectivity index (χ2v) is 8.79. The molecule has 0 radical (unpaired) electrons.